The number of hydrogen-bond donors (Lipinski definition) is 0. The van der Waals surface area contributed by atoms with Crippen LogP contribution in [0.2, 0.25) is 10.2 Å². The van der Waals surface area contributed by atoms with Crippen molar-refractivity contribution in [3.8, 4) is 0 Å². The molecular formula is C11H10Cl3NO3. The molecule has 0 radical (unpaired) electrons. The lowest BCUT2D eigenvalue weighted by atomic mass is 10.1. The second kappa shape index (κ2) is 5.43. The van der Waals surface area contributed by atoms with Gasteiger partial charge in [0.15, 0.2) is 0 Å². The zero-order chi connectivity index (χ0) is 14.1. The maximum Gasteiger partial charge on any atom is 0.341 e. The molecule has 0 fully saturated rings. The molecule has 18 heavy (non-hydrogen) atoms. The number of pyridine rings is 1. The summed E-state index contributed by atoms with van der Waals surface area (Å²) in [6.07, 6.45) is 1.14. The molecule has 0 saturated heterocycles. The average molecular weight is 311 g/mol. The van der Waals surface area contributed by atoms with E-state index in [4.69, 9.17) is 39.5 Å². The predicted molar refractivity (Wildman–Crippen MR) is 69.6 cm³/mol. The van der Waals surface area contributed by atoms with Crippen LogP contribution in [-0.4, -0.2) is 21.8 Å². The van der Waals surface area contributed by atoms with E-state index >= 15 is 0 Å². The molecule has 0 amide bonds. The van der Waals surface area contributed by atoms with Gasteiger partial charge < -0.3 is 4.74 Å². The molecule has 7 heteroatoms. The van der Waals surface area contributed by atoms with Gasteiger partial charge in [0.25, 0.3) is 5.24 Å². The van der Waals surface area contributed by atoms with Gasteiger partial charge >= 0.3 is 5.97 Å². The molecule has 1 aromatic heterocycles. The molecule has 0 N–H and O–H groups in total. The number of aromatic nitrogens is 1. The molecule has 0 unspecified atom stereocenters. The minimum Gasteiger partial charge on any atom is -0.456 e. The molecule has 1 rings (SSSR count). The van der Waals surface area contributed by atoms with Crippen LogP contribution in [0, 0.1) is 0 Å². The zero-order valence-corrected chi connectivity index (χ0v) is 12.2. The molecule has 0 saturated carbocycles. The Hall–Kier alpha value is -0.840. The summed E-state index contributed by atoms with van der Waals surface area (Å²) in [5.41, 5.74) is -0.950. The summed E-state index contributed by atoms with van der Waals surface area (Å²) in [7, 11) is 0. The molecular weight excluding hydrogens is 300 g/mol. The van der Waals surface area contributed by atoms with Gasteiger partial charge in [-0.25, -0.2) is 9.78 Å². The Bertz CT molecular complexity index is 509. The van der Waals surface area contributed by atoms with E-state index in [9.17, 15) is 9.59 Å². The summed E-state index contributed by atoms with van der Waals surface area (Å²) in [6, 6.07) is 0. The smallest absolute Gasteiger partial charge is 0.341 e. The first kappa shape index (κ1) is 15.2. The number of rotatable bonds is 2. The maximum atomic E-state index is 11.8. The van der Waals surface area contributed by atoms with Gasteiger partial charge in [0.2, 0.25) is 0 Å². The van der Waals surface area contributed by atoms with E-state index in [0.29, 0.717) is 0 Å². The van der Waals surface area contributed by atoms with Crippen LogP contribution in [0.3, 0.4) is 0 Å². The van der Waals surface area contributed by atoms with Gasteiger partial charge in [-0.05, 0) is 32.4 Å². The third-order valence-corrected chi connectivity index (χ3v) is 2.65. The fourth-order valence-corrected chi connectivity index (χ4v) is 1.97. The largest absolute Gasteiger partial charge is 0.456 e. The van der Waals surface area contributed by atoms with Crippen molar-refractivity contribution >= 4 is 46.0 Å². The van der Waals surface area contributed by atoms with Crippen LogP contribution in [0.25, 0.3) is 0 Å². The number of hydrogen-bond acceptors (Lipinski definition) is 4. The Kier molecular flexibility index (Phi) is 4.59. The van der Waals surface area contributed by atoms with Crippen LogP contribution >= 0.6 is 34.8 Å². The quantitative estimate of drug-likeness (QED) is 0.474. The van der Waals surface area contributed by atoms with Crippen molar-refractivity contribution < 1.29 is 14.3 Å². The van der Waals surface area contributed by atoms with Gasteiger partial charge in [-0.3, -0.25) is 4.79 Å². The standard InChI is InChI=1S/C11H10Cl3NO3/c1-11(2,3)18-10(17)5-4-15-8(13)6(7(5)12)9(14)16/h4H,1-3H3. The Morgan fingerprint density at radius 2 is 1.83 bits per heavy atom. The number of ether oxygens (including phenoxy) is 1. The average Bonchev–Trinajstić information content (AvgIpc) is 2.13. The number of halogens is 3. The van der Waals surface area contributed by atoms with Gasteiger partial charge in [-0.2, -0.15) is 0 Å². The summed E-state index contributed by atoms with van der Waals surface area (Å²) in [5.74, 6) is -0.698. The van der Waals surface area contributed by atoms with Crippen molar-refractivity contribution in [2.75, 3.05) is 0 Å². The highest BCUT2D eigenvalue weighted by Gasteiger charge is 2.25. The summed E-state index contributed by atoms with van der Waals surface area (Å²) >= 11 is 16.9. The van der Waals surface area contributed by atoms with Crippen LogP contribution in [0.5, 0.6) is 0 Å². The predicted octanol–water partition coefficient (Wildman–Crippen LogP) is 3.72. The second-order valence-corrected chi connectivity index (χ2v) is 5.51. The van der Waals surface area contributed by atoms with Crippen molar-refractivity contribution in [2.24, 2.45) is 0 Å². The number of carbonyl (C=O) groups excluding carboxylic acids is 2. The van der Waals surface area contributed by atoms with E-state index in [-0.39, 0.29) is 21.3 Å². The fraction of sp³-hybridized carbons (Fsp3) is 0.364. The van der Waals surface area contributed by atoms with Crippen molar-refractivity contribution in [2.45, 2.75) is 26.4 Å². The first-order chi connectivity index (χ1) is 8.13. The van der Waals surface area contributed by atoms with Gasteiger partial charge in [-0.15, -0.1) is 0 Å². The SMILES string of the molecule is CC(C)(C)OC(=O)c1cnc(Cl)c(C(=O)Cl)c1Cl. The molecule has 98 valence electrons. The van der Waals surface area contributed by atoms with E-state index in [2.05, 4.69) is 4.98 Å². The van der Waals surface area contributed by atoms with Crippen LogP contribution in [0.1, 0.15) is 41.5 Å². The molecule has 0 atom stereocenters. The van der Waals surface area contributed by atoms with Gasteiger partial charge in [0, 0.05) is 6.20 Å². The summed E-state index contributed by atoms with van der Waals surface area (Å²) in [6.45, 7) is 5.11. The van der Waals surface area contributed by atoms with Crippen LogP contribution in [-0.2, 0) is 4.74 Å². The van der Waals surface area contributed by atoms with Gasteiger partial charge in [0.05, 0.1) is 16.1 Å². The first-order valence-electron chi connectivity index (χ1n) is 4.90. The molecule has 0 aromatic carbocycles. The lowest BCUT2D eigenvalue weighted by molar-refractivity contribution is 0.00693. The molecule has 0 bridgehead atoms. The lowest BCUT2D eigenvalue weighted by Gasteiger charge is -2.20. The third-order valence-electron chi connectivity index (χ3n) is 1.78. The number of carbonyl (C=O) groups is 2. The highest BCUT2D eigenvalue weighted by molar-refractivity contribution is 6.70. The Morgan fingerprint density at radius 3 is 2.28 bits per heavy atom. The summed E-state index contributed by atoms with van der Waals surface area (Å²) < 4.78 is 5.12. The van der Waals surface area contributed by atoms with Crippen LogP contribution in [0.15, 0.2) is 6.20 Å². The highest BCUT2D eigenvalue weighted by Crippen LogP contribution is 2.28. The lowest BCUT2D eigenvalue weighted by Crippen LogP contribution is -2.24. The van der Waals surface area contributed by atoms with E-state index in [1.807, 2.05) is 0 Å². The van der Waals surface area contributed by atoms with Crippen molar-refractivity contribution in [1.82, 2.24) is 4.98 Å². The number of nitrogens with zero attached hydrogens (tertiary/aromatic N) is 1. The van der Waals surface area contributed by atoms with E-state index in [0.717, 1.165) is 6.20 Å². The van der Waals surface area contributed by atoms with E-state index in [1.54, 1.807) is 20.8 Å². The maximum absolute atomic E-state index is 11.8. The van der Waals surface area contributed by atoms with E-state index < -0.39 is 16.8 Å². The van der Waals surface area contributed by atoms with Crippen molar-refractivity contribution in [3.05, 3.63) is 27.5 Å². The fourth-order valence-electron chi connectivity index (χ4n) is 1.11. The molecule has 0 aliphatic rings. The number of esters is 1. The minimum absolute atomic E-state index is 0.0556. The van der Waals surface area contributed by atoms with Gasteiger partial charge in [-0.1, -0.05) is 23.2 Å². The van der Waals surface area contributed by atoms with Crippen molar-refractivity contribution in [3.63, 3.8) is 0 Å². The van der Waals surface area contributed by atoms with E-state index in [1.165, 1.54) is 0 Å². The molecule has 0 aliphatic heterocycles. The first-order valence-corrected chi connectivity index (χ1v) is 6.04. The molecule has 0 spiro atoms. The monoisotopic (exact) mass is 309 g/mol. The van der Waals surface area contributed by atoms with Crippen LogP contribution < -0.4 is 0 Å². The summed E-state index contributed by atoms with van der Waals surface area (Å²) in [5, 5.41) is -1.21. The zero-order valence-electron chi connectivity index (χ0n) is 9.88. The minimum atomic E-state index is -0.886. The molecule has 1 heterocycles. The second-order valence-electron chi connectivity index (χ2n) is 4.43. The summed E-state index contributed by atoms with van der Waals surface area (Å²) in [4.78, 5) is 26.7. The normalized spacial score (nSPS) is 11.2. The van der Waals surface area contributed by atoms with Gasteiger partial charge in [0.1, 0.15) is 10.8 Å². The van der Waals surface area contributed by atoms with Crippen LogP contribution in [0.4, 0.5) is 0 Å². The third kappa shape index (κ3) is 3.57. The Labute approximate surface area is 119 Å². The Morgan fingerprint density at radius 1 is 1.28 bits per heavy atom. The topological polar surface area (TPSA) is 56.3 Å². The van der Waals surface area contributed by atoms with Crippen molar-refractivity contribution in [1.29, 1.82) is 0 Å². The molecule has 4 nitrogen and oxygen atoms in total. The Balaban J connectivity index is 3.24. The highest BCUT2D eigenvalue weighted by atomic mass is 35.5. The molecule has 1 aromatic rings. The molecule has 0 aliphatic carbocycles.